The lowest BCUT2D eigenvalue weighted by Crippen LogP contribution is -1.96. The van der Waals surface area contributed by atoms with Crippen molar-refractivity contribution in [3.8, 4) is 0 Å². The van der Waals surface area contributed by atoms with Crippen LogP contribution in [-0.2, 0) is 9.84 Å². The van der Waals surface area contributed by atoms with Gasteiger partial charge in [-0.1, -0.05) is 39.2 Å². The largest absolute Gasteiger partial charge is 0.224 e. The van der Waals surface area contributed by atoms with Crippen molar-refractivity contribution in [3.63, 3.8) is 0 Å². The number of hydrogen-bond donors (Lipinski definition) is 0. The molecule has 0 saturated carbocycles. The highest BCUT2D eigenvalue weighted by atomic mass is 32.2. The van der Waals surface area contributed by atoms with Gasteiger partial charge < -0.3 is 0 Å². The summed E-state index contributed by atoms with van der Waals surface area (Å²) in [6.07, 6.45) is 7.43. The SMILES string of the molecule is CCCCCCC=CS(=O)(=O)CC. The van der Waals surface area contributed by atoms with E-state index in [9.17, 15) is 8.42 Å². The quantitative estimate of drug-likeness (QED) is 0.597. The third-order valence-electron chi connectivity index (χ3n) is 1.93. The monoisotopic (exact) mass is 204 g/mol. The van der Waals surface area contributed by atoms with Gasteiger partial charge in [0.1, 0.15) is 0 Å². The summed E-state index contributed by atoms with van der Waals surface area (Å²) in [5.74, 6) is 0.207. The summed E-state index contributed by atoms with van der Waals surface area (Å²) in [6, 6.07) is 0. The summed E-state index contributed by atoms with van der Waals surface area (Å²) < 4.78 is 22.0. The van der Waals surface area contributed by atoms with Crippen molar-refractivity contribution in [2.75, 3.05) is 5.75 Å². The minimum atomic E-state index is -2.89. The van der Waals surface area contributed by atoms with Crippen LogP contribution in [-0.4, -0.2) is 14.2 Å². The van der Waals surface area contributed by atoms with E-state index in [0.717, 1.165) is 12.8 Å². The van der Waals surface area contributed by atoms with Crippen LogP contribution in [0.3, 0.4) is 0 Å². The van der Waals surface area contributed by atoms with Crippen LogP contribution in [0.4, 0.5) is 0 Å². The Balaban J connectivity index is 3.53. The third-order valence-corrected chi connectivity index (χ3v) is 3.34. The van der Waals surface area contributed by atoms with Gasteiger partial charge in [0, 0.05) is 5.41 Å². The van der Waals surface area contributed by atoms with Crippen molar-refractivity contribution in [2.24, 2.45) is 0 Å². The van der Waals surface area contributed by atoms with Crippen LogP contribution in [0, 0.1) is 0 Å². The van der Waals surface area contributed by atoms with Crippen LogP contribution in [0.5, 0.6) is 0 Å². The second kappa shape index (κ2) is 7.13. The maximum atomic E-state index is 11.0. The van der Waals surface area contributed by atoms with Gasteiger partial charge in [0.2, 0.25) is 0 Å². The molecule has 0 spiro atoms. The van der Waals surface area contributed by atoms with Crippen LogP contribution in [0.1, 0.15) is 46.0 Å². The van der Waals surface area contributed by atoms with Crippen LogP contribution < -0.4 is 0 Å². The Morgan fingerprint density at radius 2 is 1.77 bits per heavy atom. The first-order valence-corrected chi connectivity index (χ1v) is 6.73. The Bertz CT molecular complexity index is 227. The van der Waals surface area contributed by atoms with Crippen LogP contribution >= 0.6 is 0 Å². The minimum Gasteiger partial charge on any atom is -0.224 e. The van der Waals surface area contributed by atoms with E-state index in [4.69, 9.17) is 0 Å². The average Bonchev–Trinajstić information content (AvgIpc) is 2.11. The zero-order chi connectivity index (χ0) is 10.2. The van der Waals surface area contributed by atoms with Gasteiger partial charge in [0.05, 0.1) is 5.75 Å². The molecular weight excluding hydrogens is 184 g/mol. The average molecular weight is 204 g/mol. The molecule has 78 valence electrons. The van der Waals surface area contributed by atoms with E-state index in [1.165, 1.54) is 24.7 Å². The molecule has 0 aliphatic heterocycles. The molecular formula is C10H20O2S. The standard InChI is InChI=1S/C10H20O2S/c1-3-5-6-7-8-9-10-13(11,12)4-2/h9-10H,3-8H2,1-2H3. The molecule has 0 bridgehead atoms. The fourth-order valence-corrected chi connectivity index (χ4v) is 1.62. The molecule has 0 rings (SSSR count). The van der Waals surface area contributed by atoms with Crippen molar-refractivity contribution >= 4 is 9.84 Å². The van der Waals surface area contributed by atoms with Gasteiger partial charge in [-0.3, -0.25) is 0 Å². The van der Waals surface area contributed by atoms with Crippen LogP contribution in [0.25, 0.3) is 0 Å². The van der Waals surface area contributed by atoms with E-state index in [-0.39, 0.29) is 5.75 Å². The fraction of sp³-hybridized carbons (Fsp3) is 0.800. The molecule has 3 heteroatoms. The molecule has 2 nitrogen and oxygen atoms in total. The highest BCUT2D eigenvalue weighted by Gasteiger charge is 1.98. The Kier molecular flexibility index (Phi) is 6.96. The van der Waals surface area contributed by atoms with Crippen molar-refractivity contribution in [3.05, 3.63) is 11.5 Å². The molecule has 0 aliphatic rings. The summed E-state index contributed by atoms with van der Waals surface area (Å²) >= 11 is 0. The lowest BCUT2D eigenvalue weighted by molar-refractivity contribution is 0.605. The summed E-state index contributed by atoms with van der Waals surface area (Å²) in [6.45, 7) is 3.83. The Morgan fingerprint density at radius 1 is 1.08 bits per heavy atom. The molecule has 13 heavy (non-hydrogen) atoms. The molecule has 0 heterocycles. The number of allylic oxidation sites excluding steroid dienone is 1. The summed E-state index contributed by atoms with van der Waals surface area (Å²) in [7, 11) is -2.89. The predicted molar refractivity (Wildman–Crippen MR) is 57.4 cm³/mol. The second-order valence-electron chi connectivity index (χ2n) is 3.17. The van der Waals surface area contributed by atoms with E-state index in [2.05, 4.69) is 6.92 Å². The zero-order valence-corrected chi connectivity index (χ0v) is 9.44. The van der Waals surface area contributed by atoms with Gasteiger partial charge in [-0.2, -0.15) is 0 Å². The van der Waals surface area contributed by atoms with Gasteiger partial charge >= 0.3 is 0 Å². The minimum absolute atomic E-state index is 0.207. The molecule has 0 atom stereocenters. The first-order chi connectivity index (χ1) is 6.12. The van der Waals surface area contributed by atoms with Gasteiger partial charge in [-0.05, 0) is 12.8 Å². The molecule has 0 aromatic carbocycles. The summed E-state index contributed by atoms with van der Waals surface area (Å²) in [5.41, 5.74) is 0. The topological polar surface area (TPSA) is 34.1 Å². The van der Waals surface area contributed by atoms with Crippen molar-refractivity contribution in [1.82, 2.24) is 0 Å². The van der Waals surface area contributed by atoms with Gasteiger partial charge in [-0.15, -0.1) is 0 Å². The van der Waals surface area contributed by atoms with Gasteiger partial charge in [0.15, 0.2) is 9.84 Å². The first-order valence-electron chi connectivity index (χ1n) is 5.01. The molecule has 0 amide bonds. The molecule has 0 aromatic heterocycles. The normalized spacial score (nSPS) is 12.5. The zero-order valence-electron chi connectivity index (χ0n) is 8.62. The molecule has 0 saturated heterocycles. The maximum Gasteiger partial charge on any atom is 0.171 e. The van der Waals surface area contributed by atoms with Crippen molar-refractivity contribution in [2.45, 2.75) is 46.0 Å². The Morgan fingerprint density at radius 3 is 2.31 bits per heavy atom. The first kappa shape index (κ1) is 12.7. The lowest BCUT2D eigenvalue weighted by atomic mass is 10.2. The maximum absolute atomic E-state index is 11.0. The second-order valence-corrected chi connectivity index (χ2v) is 5.35. The molecule has 0 fully saturated rings. The van der Waals surface area contributed by atoms with E-state index in [0.29, 0.717) is 0 Å². The van der Waals surface area contributed by atoms with E-state index in [1.54, 1.807) is 13.0 Å². The van der Waals surface area contributed by atoms with Crippen LogP contribution in [0.15, 0.2) is 11.5 Å². The molecule has 0 unspecified atom stereocenters. The van der Waals surface area contributed by atoms with Gasteiger partial charge in [-0.25, -0.2) is 8.42 Å². The van der Waals surface area contributed by atoms with E-state index in [1.807, 2.05) is 0 Å². The highest BCUT2D eigenvalue weighted by molar-refractivity contribution is 7.94. The lowest BCUT2D eigenvalue weighted by Gasteiger charge is -1.94. The van der Waals surface area contributed by atoms with Gasteiger partial charge in [0.25, 0.3) is 0 Å². The molecule has 0 aliphatic carbocycles. The summed E-state index contributed by atoms with van der Waals surface area (Å²) in [4.78, 5) is 0. The molecule has 0 N–H and O–H groups in total. The van der Waals surface area contributed by atoms with Crippen molar-refractivity contribution < 1.29 is 8.42 Å². The number of sulfone groups is 1. The predicted octanol–water partition coefficient (Wildman–Crippen LogP) is 2.91. The third kappa shape index (κ3) is 8.03. The Hall–Kier alpha value is -0.310. The van der Waals surface area contributed by atoms with Crippen molar-refractivity contribution in [1.29, 1.82) is 0 Å². The summed E-state index contributed by atoms with van der Waals surface area (Å²) in [5, 5.41) is 1.35. The number of unbranched alkanes of at least 4 members (excludes halogenated alkanes) is 4. The van der Waals surface area contributed by atoms with E-state index >= 15 is 0 Å². The highest BCUT2D eigenvalue weighted by Crippen LogP contribution is 2.03. The smallest absolute Gasteiger partial charge is 0.171 e. The molecule has 0 aromatic rings. The van der Waals surface area contributed by atoms with Crippen LogP contribution in [0.2, 0.25) is 0 Å². The molecule has 0 radical (unpaired) electrons. The number of hydrogen-bond acceptors (Lipinski definition) is 2. The number of rotatable bonds is 7. The van der Waals surface area contributed by atoms with E-state index < -0.39 is 9.84 Å². The Labute approximate surface area is 82.0 Å². The fourth-order valence-electron chi connectivity index (χ4n) is 1.000.